The average molecular weight is 401 g/mol. The van der Waals surface area contributed by atoms with E-state index in [1.807, 2.05) is 22.8 Å². The Bertz CT molecular complexity index is 1290. The van der Waals surface area contributed by atoms with E-state index in [0.29, 0.717) is 6.42 Å². The normalized spacial score (nSPS) is 16.5. The van der Waals surface area contributed by atoms with Gasteiger partial charge >= 0.3 is 0 Å². The molecule has 0 spiro atoms. The molecule has 0 N–H and O–H groups in total. The number of hydrogen-bond donors (Lipinski definition) is 0. The number of fused-ring (bicyclic) bond motifs is 5. The van der Waals surface area contributed by atoms with Gasteiger partial charge in [-0.05, 0) is 53.3 Å². The van der Waals surface area contributed by atoms with Crippen molar-refractivity contribution >= 4 is 39.3 Å². The zero-order valence-corrected chi connectivity index (χ0v) is 16.9. The molecule has 2 aliphatic rings. The van der Waals surface area contributed by atoms with Crippen molar-refractivity contribution in [2.75, 3.05) is 6.54 Å². The molecule has 1 aromatic heterocycles. The fraction of sp³-hybridized carbons (Fsp3) is 0.240. The molecule has 3 heterocycles. The zero-order chi connectivity index (χ0) is 19.5. The number of nitrogens with zero attached hydrogens (tertiary/aromatic N) is 2. The van der Waals surface area contributed by atoms with Gasteiger partial charge in [-0.25, -0.2) is 0 Å². The minimum absolute atomic E-state index is 0.196. The highest BCUT2D eigenvalue weighted by Gasteiger charge is 2.28. The number of aryl methyl sites for hydroxylation is 1. The zero-order valence-electron chi connectivity index (χ0n) is 16.1. The summed E-state index contributed by atoms with van der Waals surface area (Å²) in [5, 5.41) is 3.10. The van der Waals surface area contributed by atoms with Crippen LogP contribution in [0.2, 0.25) is 5.02 Å². The predicted octanol–water partition coefficient (Wildman–Crippen LogP) is 5.59. The smallest absolute Gasteiger partial charge is 0.231 e. The Kier molecular flexibility index (Phi) is 3.84. The third-order valence-electron chi connectivity index (χ3n) is 6.45. The van der Waals surface area contributed by atoms with Gasteiger partial charge in [0.15, 0.2) is 0 Å². The second-order valence-electron chi connectivity index (χ2n) is 8.23. The number of hydrogen-bond acceptors (Lipinski definition) is 2. The Balaban J connectivity index is 1.53. The number of carbonyl (C=O) groups is 1. The number of carbonyl (C=O) groups excluding carboxylic acids is 1. The van der Waals surface area contributed by atoms with Crippen molar-refractivity contribution in [3.63, 3.8) is 0 Å². The SMILES string of the molecule is O=C1CCc2cc3c(c4c5cc(Cl)ccc5n1c24)CCN(Cc1ccccc1)C3. The summed E-state index contributed by atoms with van der Waals surface area (Å²) in [4.78, 5) is 15.3. The van der Waals surface area contributed by atoms with Crippen molar-refractivity contribution < 1.29 is 4.79 Å². The number of rotatable bonds is 2. The van der Waals surface area contributed by atoms with Crippen LogP contribution in [0.15, 0.2) is 54.6 Å². The lowest BCUT2D eigenvalue weighted by atomic mass is 9.90. The van der Waals surface area contributed by atoms with Crippen molar-refractivity contribution in [1.82, 2.24) is 9.47 Å². The van der Waals surface area contributed by atoms with E-state index in [1.54, 1.807) is 0 Å². The van der Waals surface area contributed by atoms with Gasteiger partial charge in [0.05, 0.1) is 11.0 Å². The summed E-state index contributed by atoms with van der Waals surface area (Å²) in [6.45, 7) is 2.95. The summed E-state index contributed by atoms with van der Waals surface area (Å²) in [6.07, 6.45) is 2.39. The lowest BCUT2D eigenvalue weighted by Gasteiger charge is -2.30. The van der Waals surface area contributed by atoms with E-state index in [4.69, 9.17) is 11.6 Å². The molecule has 3 aromatic carbocycles. The van der Waals surface area contributed by atoms with Crippen molar-refractivity contribution in [2.24, 2.45) is 0 Å². The van der Waals surface area contributed by atoms with Gasteiger partial charge in [0.2, 0.25) is 5.91 Å². The molecular formula is C25H21ClN2O. The van der Waals surface area contributed by atoms with Gasteiger partial charge in [-0.2, -0.15) is 0 Å². The molecule has 4 heteroatoms. The van der Waals surface area contributed by atoms with Crippen LogP contribution in [-0.4, -0.2) is 21.9 Å². The summed E-state index contributed by atoms with van der Waals surface area (Å²) < 4.78 is 1.94. The molecule has 0 unspecified atom stereocenters. The Hall–Kier alpha value is -2.62. The topological polar surface area (TPSA) is 25.2 Å². The van der Waals surface area contributed by atoms with Gasteiger partial charge in [-0.1, -0.05) is 48.0 Å². The van der Waals surface area contributed by atoms with Crippen LogP contribution >= 0.6 is 11.6 Å². The number of aromatic nitrogens is 1. The molecule has 4 aromatic rings. The van der Waals surface area contributed by atoms with Crippen LogP contribution in [0, 0.1) is 0 Å². The van der Waals surface area contributed by atoms with E-state index in [0.717, 1.165) is 53.9 Å². The monoisotopic (exact) mass is 400 g/mol. The minimum atomic E-state index is 0.196. The molecule has 0 amide bonds. The van der Waals surface area contributed by atoms with E-state index in [1.165, 1.54) is 27.6 Å². The first kappa shape index (κ1) is 17.3. The Morgan fingerprint density at radius 1 is 0.931 bits per heavy atom. The van der Waals surface area contributed by atoms with E-state index in [9.17, 15) is 4.79 Å². The van der Waals surface area contributed by atoms with Crippen LogP contribution in [0.3, 0.4) is 0 Å². The Morgan fingerprint density at radius 2 is 1.79 bits per heavy atom. The third-order valence-corrected chi connectivity index (χ3v) is 6.68. The molecule has 6 rings (SSSR count). The average Bonchev–Trinajstić information content (AvgIpc) is 3.07. The molecule has 0 saturated carbocycles. The van der Waals surface area contributed by atoms with Gasteiger partial charge in [0.25, 0.3) is 0 Å². The molecular weight excluding hydrogens is 380 g/mol. The van der Waals surface area contributed by atoms with Gasteiger partial charge in [-0.3, -0.25) is 14.3 Å². The first-order valence-corrected chi connectivity index (χ1v) is 10.6. The van der Waals surface area contributed by atoms with Gasteiger partial charge in [0, 0.05) is 41.9 Å². The summed E-state index contributed by atoms with van der Waals surface area (Å²) in [6, 6.07) is 19.0. The van der Waals surface area contributed by atoms with Crippen LogP contribution in [0.1, 0.15) is 33.5 Å². The molecule has 0 fully saturated rings. The molecule has 0 atom stereocenters. The number of benzene rings is 3. The predicted molar refractivity (Wildman–Crippen MR) is 118 cm³/mol. The van der Waals surface area contributed by atoms with Crippen molar-refractivity contribution in [3.05, 3.63) is 81.9 Å². The van der Waals surface area contributed by atoms with E-state index >= 15 is 0 Å². The molecule has 144 valence electrons. The van der Waals surface area contributed by atoms with Crippen LogP contribution in [-0.2, 0) is 25.9 Å². The minimum Gasteiger partial charge on any atom is -0.294 e. The van der Waals surface area contributed by atoms with Crippen molar-refractivity contribution in [3.8, 4) is 0 Å². The molecule has 29 heavy (non-hydrogen) atoms. The fourth-order valence-corrected chi connectivity index (χ4v) is 5.37. The highest BCUT2D eigenvalue weighted by atomic mass is 35.5. The maximum absolute atomic E-state index is 12.8. The third kappa shape index (κ3) is 2.65. The summed E-state index contributed by atoms with van der Waals surface area (Å²) in [5.41, 5.74) is 7.57. The molecule has 0 radical (unpaired) electrons. The first-order valence-electron chi connectivity index (χ1n) is 10.3. The van der Waals surface area contributed by atoms with Crippen LogP contribution < -0.4 is 0 Å². The van der Waals surface area contributed by atoms with E-state index < -0.39 is 0 Å². The van der Waals surface area contributed by atoms with Crippen molar-refractivity contribution in [2.45, 2.75) is 32.4 Å². The van der Waals surface area contributed by atoms with Gasteiger partial charge in [-0.15, -0.1) is 0 Å². The maximum Gasteiger partial charge on any atom is 0.231 e. The summed E-state index contributed by atoms with van der Waals surface area (Å²) in [7, 11) is 0. The molecule has 3 nitrogen and oxygen atoms in total. The standard InChI is InChI=1S/C25H21ClN2O/c26-19-7-8-22-21(13-19)24-20-10-11-27(14-16-4-2-1-3-5-16)15-18(20)12-17-6-9-23(29)28(22)25(17)24/h1-5,7-8,12-13H,6,9-11,14-15H2. The maximum atomic E-state index is 12.8. The van der Waals surface area contributed by atoms with Crippen LogP contribution in [0.25, 0.3) is 21.8 Å². The fourth-order valence-electron chi connectivity index (χ4n) is 5.20. The summed E-state index contributed by atoms with van der Waals surface area (Å²) >= 11 is 6.36. The summed E-state index contributed by atoms with van der Waals surface area (Å²) in [5.74, 6) is 0.196. The highest BCUT2D eigenvalue weighted by Crippen LogP contribution is 2.41. The molecule has 0 aliphatic carbocycles. The van der Waals surface area contributed by atoms with Gasteiger partial charge in [0.1, 0.15) is 0 Å². The van der Waals surface area contributed by atoms with Crippen LogP contribution in [0.4, 0.5) is 0 Å². The second-order valence-corrected chi connectivity index (χ2v) is 8.67. The van der Waals surface area contributed by atoms with Gasteiger partial charge < -0.3 is 0 Å². The van der Waals surface area contributed by atoms with E-state index in [-0.39, 0.29) is 5.91 Å². The molecule has 0 bridgehead atoms. The quantitative estimate of drug-likeness (QED) is 0.438. The van der Waals surface area contributed by atoms with E-state index in [2.05, 4.69) is 41.3 Å². The number of halogens is 1. The van der Waals surface area contributed by atoms with Crippen molar-refractivity contribution in [1.29, 1.82) is 0 Å². The lowest BCUT2D eigenvalue weighted by Crippen LogP contribution is -2.30. The Morgan fingerprint density at radius 3 is 2.66 bits per heavy atom. The first-order chi connectivity index (χ1) is 14.2. The van der Waals surface area contributed by atoms with Crippen LogP contribution in [0.5, 0.6) is 0 Å². The largest absolute Gasteiger partial charge is 0.294 e. The highest BCUT2D eigenvalue weighted by molar-refractivity contribution is 6.32. The Labute approximate surface area is 174 Å². The second kappa shape index (κ2) is 6.45. The molecule has 0 saturated heterocycles. The lowest BCUT2D eigenvalue weighted by molar-refractivity contribution is 0.0908. The molecule has 2 aliphatic heterocycles.